The molecule has 0 unspecified atom stereocenters. The van der Waals surface area contributed by atoms with E-state index in [-0.39, 0.29) is 24.8 Å². The molecule has 4 amide bonds. The third-order valence-corrected chi connectivity index (χ3v) is 7.71. The van der Waals surface area contributed by atoms with Crippen molar-refractivity contribution in [1.29, 1.82) is 0 Å². The standard InChI is InChI=1S/C29H36N4O8S/c1-4-17(2)27(31-18(3)35)29(40)30-13-25(36)33-14-23(12-24(33)28(39)32-21(15-34)11-26(37)38)41-22-7-5-6-19(10-22)20-8-9-42-16-20/h5-10,15-17,21,23-24,27H,4,11-14H2,1-3H3,(H,30,40)(H,31,35)(H,32,39)(H,37,38)/t17-,21-,23-,24-,27-/m0/s1. The predicted molar refractivity (Wildman–Crippen MR) is 155 cm³/mol. The fourth-order valence-electron chi connectivity index (χ4n) is 4.67. The van der Waals surface area contributed by atoms with Crippen molar-refractivity contribution in [1.82, 2.24) is 20.9 Å². The molecular weight excluding hydrogens is 564 g/mol. The number of aldehydes is 1. The van der Waals surface area contributed by atoms with E-state index in [2.05, 4.69) is 16.0 Å². The summed E-state index contributed by atoms with van der Waals surface area (Å²) in [6.07, 6.45) is -0.189. The molecule has 12 nitrogen and oxygen atoms in total. The summed E-state index contributed by atoms with van der Waals surface area (Å²) in [5.41, 5.74) is 1.96. The van der Waals surface area contributed by atoms with Crippen LogP contribution in [0.5, 0.6) is 5.75 Å². The number of likely N-dealkylation sites (tertiary alicyclic amines) is 1. The van der Waals surface area contributed by atoms with E-state index in [1.165, 1.54) is 11.8 Å². The Morgan fingerprint density at radius 3 is 2.55 bits per heavy atom. The Balaban J connectivity index is 1.75. The number of amides is 4. The molecule has 1 aromatic heterocycles. The van der Waals surface area contributed by atoms with Crippen LogP contribution in [0, 0.1) is 5.92 Å². The van der Waals surface area contributed by atoms with Crippen LogP contribution in [0.4, 0.5) is 0 Å². The lowest BCUT2D eigenvalue weighted by molar-refractivity contribution is -0.141. The smallest absolute Gasteiger partial charge is 0.305 e. The van der Waals surface area contributed by atoms with Crippen molar-refractivity contribution in [2.45, 2.75) is 64.3 Å². The number of ether oxygens (including phenoxy) is 1. The van der Waals surface area contributed by atoms with Crippen molar-refractivity contribution in [2.75, 3.05) is 13.1 Å². The lowest BCUT2D eigenvalue weighted by Crippen LogP contribution is -2.54. The Labute approximate surface area is 247 Å². The molecule has 1 aliphatic rings. The summed E-state index contributed by atoms with van der Waals surface area (Å²) < 4.78 is 6.16. The molecule has 5 atom stereocenters. The molecule has 1 aliphatic heterocycles. The molecule has 42 heavy (non-hydrogen) atoms. The quantitative estimate of drug-likeness (QED) is 0.237. The second-order valence-electron chi connectivity index (χ2n) is 10.2. The van der Waals surface area contributed by atoms with Crippen LogP contribution < -0.4 is 20.7 Å². The predicted octanol–water partition coefficient (Wildman–Crippen LogP) is 1.59. The van der Waals surface area contributed by atoms with Crippen LogP contribution in [-0.2, 0) is 28.8 Å². The van der Waals surface area contributed by atoms with E-state index < -0.39 is 60.9 Å². The molecule has 3 rings (SSSR count). The summed E-state index contributed by atoms with van der Waals surface area (Å²) in [6.45, 7) is 4.55. The van der Waals surface area contributed by atoms with Crippen molar-refractivity contribution >= 4 is 47.2 Å². The first-order valence-corrected chi connectivity index (χ1v) is 14.6. The number of benzene rings is 1. The van der Waals surface area contributed by atoms with Gasteiger partial charge in [-0.2, -0.15) is 11.3 Å². The summed E-state index contributed by atoms with van der Waals surface area (Å²) in [5, 5.41) is 20.6. The van der Waals surface area contributed by atoms with Gasteiger partial charge in [0.15, 0.2) is 0 Å². The fraction of sp³-hybridized carbons (Fsp3) is 0.448. The maximum atomic E-state index is 13.3. The van der Waals surface area contributed by atoms with Gasteiger partial charge in [0.05, 0.1) is 25.6 Å². The molecule has 0 saturated carbocycles. The number of rotatable bonds is 14. The first kappa shape index (κ1) is 32.3. The van der Waals surface area contributed by atoms with Gasteiger partial charge in [0.25, 0.3) is 0 Å². The van der Waals surface area contributed by atoms with E-state index in [1.54, 1.807) is 24.3 Å². The molecule has 0 radical (unpaired) electrons. The molecule has 0 bridgehead atoms. The topological polar surface area (TPSA) is 171 Å². The van der Waals surface area contributed by atoms with Gasteiger partial charge in [-0.3, -0.25) is 24.0 Å². The monoisotopic (exact) mass is 600 g/mol. The van der Waals surface area contributed by atoms with E-state index >= 15 is 0 Å². The van der Waals surface area contributed by atoms with Crippen LogP contribution in [0.1, 0.15) is 40.0 Å². The molecule has 1 saturated heterocycles. The molecule has 0 spiro atoms. The average molecular weight is 601 g/mol. The molecule has 1 aromatic carbocycles. The lowest BCUT2D eigenvalue weighted by atomic mass is 9.98. The Morgan fingerprint density at radius 2 is 1.93 bits per heavy atom. The van der Waals surface area contributed by atoms with Crippen molar-refractivity contribution in [2.24, 2.45) is 5.92 Å². The molecule has 4 N–H and O–H groups in total. The van der Waals surface area contributed by atoms with Gasteiger partial charge in [-0.25, -0.2) is 0 Å². The molecule has 2 heterocycles. The Morgan fingerprint density at radius 1 is 1.17 bits per heavy atom. The third-order valence-electron chi connectivity index (χ3n) is 7.03. The summed E-state index contributed by atoms with van der Waals surface area (Å²) in [6, 6.07) is 6.19. The van der Waals surface area contributed by atoms with Gasteiger partial charge in [0, 0.05) is 13.3 Å². The van der Waals surface area contributed by atoms with Gasteiger partial charge in [0.2, 0.25) is 23.6 Å². The summed E-state index contributed by atoms with van der Waals surface area (Å²) >= 11 is 1.56. The number of thiophene rings is 1. The molecule has 0 aliphatic carbocycles. The van der Waals surface area contributed by atoms with Crippen LogP contribution in [0.15, 0.2) is 41.1 Å². The normalized spacial score (nSPS) is 18.3. The van der Waals surface area contributed by atoms with E-state index in [0.29, 0.717) is 18.5 Å². The van der Waals surface area contributed by atoms with Gasteiger partial charge in [0.1, 0.15) is 30.2 Å². The zero-order chi connectivity index (χ0) is 30.8. The third kappa shape index (κ3) is 8.87. The highest BCUT2D eigenvalue weighted by molar-refractivity contribution is 7.08. The minimum atomic E-state index is -1.28. The number of aliphatic carboxylic acids is 1. The maximum absolute atomic E-state index is 13.3. The first-order chi connectivity index (χ1) is 20.0. The van der Waals surface area contributed by atoms with E-state index in [9.17, 15) is 28.8 Å². The number of carbonyl (C=O) groups excluding carboxylic acids is 5. The minimum Gasteiger partial charge on any atom is -0.488 e. The second kappa shape index (κ2) is 15.1. The number of carbonyl (C=O) groups is 6. The van der Waals surface area contributed by atoms with E-state index in [4.69, 9.17) is 9.84 Å². The van der Waals surface area contributed by atoms with E-state index in [0.717, 1.165) is 11.1 Å². The zero-order valence-electron chi connectivity index (χ0n) is 23.7. The van der Waals surface area contributed by atoms with Gasteiger partial charge in [-0.05, 0) is 46.0 Å². The summed E-state index contributed by atoms with van der Waals surface area (Å²) in [4.78, 5) is 74.7. The number of hydrogen-bond acceptors (Lipinski definition) is 8. The molecule has 2 aromatic rings. The largest absolute Gasteiger partial charge is 0.488 e. The highest BCUT2D eigenvalue weighted by Gasteiger charge is 2.41. The number of carboxylic acids is 1. The van der Waals surface area contributed by atoms with Crippen LogP contribution in [0.2, 0.25) is 0 Å². The van der Waals surface area contributed by atoms with Crippen molar-refractivity contribution in [3.05, 3.63) is 41.1 Å². The lowest BCUT2D eigenvalue weighted by Gasteiger charge is -2.26. The number of hydrogen-bond donors (Lipinski definition) is 4. The Kier molecular flexibility index (Phi) is 11.6. The van der Waals surface area contributed by atoms with Crippen LogP contribution in [0.25, 0.3) is 11.1 Å². The van der Waals surface area contributed by atoms with Gasteiger partial charge >= 0.3 is 5.97 Å². The molecular formula is C29H36N4O8S. The van der Waals surface area contributed by atoms with Crippen molar-refractivity contribution in [3.63, 3.8) is 0 Å². The fourth-order valence-corrected chi connectivity index (χ4v) is 5.34. The highest BCUT2D eigenvalue weighted by atomic mass is 32.1. The Hall–Kier alpha value is -4.26. The maximum Gasteiger partial charge on any atom is 0.305 e. The van der Waals surface area contributed by atoms with Crippen LogP contribution in [-0.4, -0.2) is 83.2 Å². The van der Waals surface area contributed by atoms with E-state index in [1.807, 2.05) is 41.9 Å². The second-order valence-corrected chi connectivity index (χ2v) is 11.0. The molecule has 1 fully saturated rings. The average Bonchev–Trinajstić information content (AvgIpc) is 3.64. The number of carboxylic acid groups (broad SMARTS) is 1. The first-order valence-electron chi connectivity index (χ1n) is 13.6. The zero-order valence-corrected chi connectivity index (χ0v) is 24.5. The van der Waals surface area contributed by atoms with Crippen molar-refractivity contribution in [3.8, 4) is 16.9 Å². The van der Waals surface area contributed by atoms with Crippen LogP contribution >= 0.6 is 11.3 Å². The summed E-state index contributed by atoms with van der Waals surface area (Å²) in [5.74, 6) is -3.12. The number of nitrogens with zero attached hydrogens (tertiary/aromatic N) is 1. The van der Waals surface area contributed by atoms with Gasteiger partial charge in [-0.1, -0.05) is 32.4 Å². The SMILES string of the molecule is CC[C@H](C)[C@H](NC(C)=O)C(=O)NCC(=O)N1C[C@@H](Oc2cccc(-c3ccsc3)c2)C[C@H]1C(=O)N[C@H](C=O)CC(=O)O. The van der Waals surface area contributed by atoms with Crippen LogP contribution in [0.3, 0.4) is 0 Å². The van der Waals surface area contributed by atoms with Gasteiger partial charge in [-0.15, -0.1) is 0 Å². The van der Waals surface area contributed by atoms with Crippen molar-refractivity contribution < 1.29 is 38.6 Å². The Bertz CT molecular complexity index is 1280. The number of nitrogens with one attached hydrogen (secondary N) is 3. The summed E-state index contributed by atoms with van der Waals surface area (Å²) in [7, 11) is 0. The van der Waals surface area contributed by atoms with Gasteiger partial charge < -0.3 is 35.5 Å². The minimum absolute atomic E-state index is 0.0145. The molecule has 226 valence electrons. The molecule has 13 heteroatoms. The highest BCUT2D eigenvalue weighted by Crippen LogP contribution is 2.29.